The number of nitrogens with zero attached hydrogens (tertiary/aromatic N) is 3. The van der Waals surface area contributed by atoms with E-state index in [0.717, 1.165) is 11.3 Å². The summed E-state index contributed by atoms with van der Waals surface area (Å²) in [6, 6.07) is 5.13. The number of carbonyl (C=O) groups is 1. The Kier molecular flexibility index (Phi) is 8.83. The molecular formula is C25H37N5O3S. The van der Waals surface area contributed by atoms with Crippen LogP contribution in [0.2, 0.25) is 0 Å². The molecule has 0 saturated carbocycles. The highest BCUT2D eigenvalue weighted by molar-refractivity contribution is 7.78. The molecule has 4 N–H and O–H groups in total. The number of hydrogen-bond donors (Lipinski definition) is 4. The largest absolute Gasteiger partial charge is 0.505 e. The number of aromatic hydroxyl groups is 1. The van der Waals surface area contributed by atoms with Crippen molar-refractivity contribution in [2.75, 3.05) is 14.1 Å². The molecule has 0 aliphatic carbocycles. The van der Waals surface area contributed by atoms with Crippen LogP contribution < -0.4 is 10.5 Å². The molecule has 0 fully saturated rings. The van der Waals surface area contributed by atoms with E-state index in [1.165, 1.54) is 4.90 Å². The van der Waals surface area contributed by atoms with Gasteiger partial charge in [-0.05, 0) is 41.0 Å². The molecule has 1 atom stereocenters. The van der Waals surface area contributed by atoms with Gasteiger partial charge >= 0.3 is 0 Å². The van der Waals surface area contributed by atoms with Crippen molar-refractivity contribution in [1.29, 1.82) is 0 Å². The highest BCUT2D eigenvalue weighted by Crippen LogP contribution is 2.38. The number of thiol groups is 1. The van der Waals surface area contributed by atoms with Gasteiger partial charge in [0, 0.05) is 14.1 Å². The smallest absolute Gasteiger partial charge is 0.257 e. The number of phenolic OH excluding ortho intramolecular Hbond substituents is 1. The molecule has 0 bridgehead atoms. The van der Waals surface area contributed by atoms with E-state index in [4.69, 9.17) is 10.2 Å². The number of phenols is 1. The van der Waals surface area contributed by atoms with Gasteiger partial charge in [-0.1, -0.05) is 60.4 Å². The Morgan fingerprint density at radius 3 is 2.41 bits per heavy atom. The van der Waals surface area contributed by atoms with Crippen LogP contribution in [0.5, 0.6) is 5.75 Å². The van der Waals surface area contributed by atoms with Crippen LogP contribution in [0, 0.1) is 0 Å². The lowest BCUT2D eigenvalue weighted by Gasteiger charge is -2.25. The van der Waals surface area contributed by atoms with Gasteiger partial charge in [-0.2, -0.15) is 0 Å². The van der Waals surface area contributed by atoms with Gasteiger partial charge in [-0.3, -0.25) is 9.79 Å². The fraction of sp³-hybridized carbons (Fsp3) is 0.480. The fourth-order valence-electron chi connectivity index (χ4n) is 3.43. The highest BCUT2D eigenvalue weighted by atomic mass is 32.1. The summed E-state index contributed by atoms with van der Waals surface area (Å²) in [4.78, 5) is 23.3. The van der Waals surface area contributed by atoms with Crippen LogP contribution in [0.3, 0.4) is 0 Å². The van der Waals surface area contributed by atoms with Crippen molar-refractivity contribution in [3.63, 3.8) is 0 Å². The fourth-order valence-corrected chi connectivity index (χ4v) is 3.60. The van der Waals surface area contributed by atoms with Gasteiger partial charge in [0.1, 0.15) is 17.5 Å². The number of nitrogens with one attached hydrogen (secondary N) is 1. The molecule has 0 spiro atoms. The van der Waals surface area contributed by atoms with Crippen LogP contribution in [0.1, 0.15) is 87.2 Å². The van der Waals surface area contributed by atoms with Gasteiger partial charge < -0.3 is 24.9 Å². The number of furan rings is 1. The molecule has 8 nitrogen and oxygen atoms in total. The first-order valence-corrected chi connectivity index (χ1v) is 11.7. The number of aliphatic imine (C=N–C) groups is 2. The Bertz CT molecular complexity index is 1080. The van der Waals surface area contributed by atoms with E-state index in [0.29, 0.717) is 17.9 Å². The SMILES string of the molecule is CC[C@@H](N=C(NS)C(N)=Nc1ccc(C(C)(C)C)c(C(=O)N(C)C)c1O)c1cc(C(C)C)co1. The van der Waals surface area contributed by atoms with Gasteiger partial charge in [0.05, 0.1) is 11.8 Å². The first-order chi connectivity index (χ1) is 15.8. The molecule has 0 aliphatic rings. The van der Waals surface area contributed by atoms with Crippen molar-refractivity contribution in [1.82, 2.24) is 9.62 Å². The minimum atomic E-state index is -0.363. The van der Waals surface area contributed by atoms with Crippen LogP contribution >= 0.6 is 12.8 Å². The Hall–Kier alpha value is -2.94. The van der Waals surface area contributed by atoms with Crippen molar-refractivity contribution in [3.05, 3.63) is 46.9 Å². The highest BCUT2D eigenvalue weighted by Gasteiger charge is 2.27. The number of benzene rings is 1. The maximum atomic E-state index is 12.9. The lowest BCUT2D eigenvalue weighted by molar-refractivity contribution is 0.0822. The third kappa shape index (κ3) is 6.14. The first-order valence-electron chi connectivity index (χ1n) is 11.3. The molecule has 0 aliphatic heterocycles. The van der Waals surface area contributed by atoms with E-state index in [1.807, 2.05) is 33.8 Å². The predicted octanol–water partition coefficient (Wildman–Crippen LogP) is 5.08. The molecule has 1 heterocycles. The monoisotopic (exact) mass is 487 g/mol. The van der Waals surface area contributed by atoms with Crippen molar-refractivity contribution in [3.8, 4) is 5.75 Å². The third-order valence-corrected chi connectivity index (χ3v) is 5.69. The molecule has 0 radical (unpaired) electrons. The van der Waals surface area contributed by atoms with Gasteiger partial charge in [0.15, 0.2) is 17.4 Å². The molecule has 186 valence electrons. The van der Waals surface area contributed by atoms with Gasteiger partial charge in [-0.15, -0.1) is 0 Å². The molecule has 1 amide bonds. The summed E-state index contributed by atoms with van der Waals surface area (Å²) >= 11 is 4.15. The standard InChI is InChI=1S/C25H37N5O3S/c1-9-17(19-12-15(13-33-19)14(2)3)28-23(29-34)22(26)27-18-11-10-16(25(4,5)6)20(21(18)31)24(32)30(7)8/h10-14,17,31,34H,9H2,1-8H3,(H2,26,27)(H,28,29)/t17-/m1/s1. The number of rotatable bonds is 6. The predicted molar refractivity (Wildman–Crippen MR) is 141 cm³/mol. The molecular weight excluding hydrogens is 450 g/mol. The zero-order valence-corrected chi connectivity index (χ0v) is 22.2. The van der Waals surface area contributed by atoms with Crippen LogP contribution in [0.15, 0.2) is 38.9 Å². The molecule has 1 aromatic heterocycles. The molecule has 0 unspecified atom stereocenters. The average Bonchev–Trinajstić information content (AvgIpc) is 3.24. The lowest BCUT2D eigenvalue weighted by atomic mass is 9.82. The minimum absolute atomic E-state index is 0.0196. The molecule has 0 saturated heterocycles. The number of amides is 1. The summed E-state index contributed by atoms with van der Waals surface area (Å²) in [7, 11) is 3.27. The van der Waals surface area contributed by atoms with Crippen molar-refractivity contribution in [2.24, 2.45) is 15.7 Å². The Balaban J connectivity index is 2.53. The maximum absolute atomic E-state index is 12.9. The second kappa shape index (κ2) is 11.0. The van der Waals surface area contributed by atoms with Crippen molar-refractivity contribution >= 4 is 36.1 Å². The second-order valence-electron chi connectivity index (χ2n) is 9.75. The van der Waals surface area contributed by atoms with E-state index in [2.05, 4.69) is 41.4 Å². The Morgan fingerprint density at radius 2 is 1.94 bits per heavy atom. The quantitative estimate of drug-likeness (QED) is 0.258. The van der Waals surface area contributed by atoms with Gasteiger partial charge in [0.25, 0.3) is 5.91 Å². The number of hydrogen-bond acceptors (Lipinski definition) is 6. The van der Waals surface area contributed by atoms with Gasteiger partial charge in [-0.25, -0.2) is 4.99 Å². The lowest BCUT2D eigenvalue weighted by Crippen LogP contribution is -2.32. The van der Waals surface area contributed by atoms with Crippen LogP contribution in [-0.4, -0.2) is 41.7 Å². The molecule has 2 rings (SSSR count). The van der Waals surface area contributed by atoms with E-state index in [1.54, 1.807) is 32.5 Å². The second-order valence-corrected chi connectivity index (χ2v) is 9.98. The summed E-state index contributed by atoms with van der Waals surface area (Å²) in [6.45, 7) is 12.1. The normalized spacial score (nSPS) is 13.8. The number of carbonyl (C=O) groups excluding carboxylic acids is 1. The third-order valence-electron chi connectivity index (χ3n) is 5.48. The first kappa shape index (κ1) is 27.3. The molecule has 2 aromatic rings. The summed E-state index contributed by atoms with van der Waals surface area (Å²) < 4.78 is 8.42. The van der Waals surface area contributed by atoms with Gasteiger partial charge in [0.2, 0.25) is 0 Å². The molecule has 34 heavy (non-hydrogen) atoms. The van der Waals surface area contributed by atoms with Crippen molar-refractivity contribution in [2.45, 2.75) is 65.3 Å². The van der Waals surface area contributed by atoms with E-state index in [-0.39, 0.29) is 46.0 Å². The number of amidine groups is 2. The number of nitrogens with two attached hydrogens (primary N) is 1. The summed E-state index contributed by atoms with van der Waals surface area (Å²) in [5.41, 5.74) is 8.05. The van der Waals surface area contributed by atoms with E-state index >= 15 is 0 Å². The zero-order chi connectivity index (χ0) is 25.8. The van der Waals surface area contributed by atoms with E-state index < -0.39 is 0 Å². The average molecular weight is 488 g/mol. The summed E-state index contributed by atoms with van der Waals surface area (Å²) in [5.74, 6) is 0.766. The topological polar surface area (TPSA) is 116 Å². The zero-order valence-electron chi connectivity index (χ0n) is 21.3. The maximum Gasteiger partial charge on any atom is 0.257 e. The Labute approximate surface area is 207 Å². The molecule has 9 heteroatoms. The minimum Gasteiger partial charge on any atom is -0.505 e. The summed E-state index contributed by atoms with van der Waals surface area (Å²) in [5, 5.41) is 11.0. The summed E-state index contributed by atoms with van der Waals surface area (Å²) in [6.07, 6.45) is 2.41. The van der Waals surface area contributed by atoms with Crippen LogP contribution in [-0.2, 0) is 5.41 Å². The van der Waals surface area contributed by atoms with Crippen molar-refractivity contribution < 1.29 is 14.3 Å². The Morgan fingerprint density at radius 1 is 1.29 bits per heavy atom. The molecule has 1 aromatic carbocycles. The van der Waals surface area contributed by atoms with Crippen LogP contribution in [0.25, 0.3) is 0 Å². The van der Waals surface area contributed by atoms with E-state index in [9.17, 15) is 9.90 Å². The van der Waals surface area contributed by atoms with Crippen LogP contribution in [0.4, 0.5) is 5.69 Å².